The second-order valence-corrected chi connectivity index (χ2v) is 3.09. The van der Waals surface area contributed by atoms with E-state index >= 15 is 0 Å². The van der Waals surface area contributed by atoms with E-state index in [0.717, 1.165) is 22.6 Å². The third-order valence-electron chi connectivity index (χ3n) is 2.19. The Bertz CT molecular complexity index is 403. The molecular weight excluding hydrogens is 162 g/mol. The molecule has 2 aromatic rings. The molecular formula is C11H11NO. The topological polar surface area (TPSA) is 26.0 Å². The van der Waals surface area contributed by atoms with Gasteiger partial charge in [0.1, 0.15) is 0 Å². The first-order chi connectivity index (χ1) is 6.29. The second-order valence-electron chi connectivity index (χ2n) is 3.09. The molecule has 0 aliphatic rings. The largest absolute Gasteiger partial charge is 0.356 e. The average molecular weight is 173 g/mol. The van der Waals surface area contributed by atoms with Crippen molar-refractivity contribution in [3.05, 3.63) is 41.6 Å². The summed E-state index contributed by atoms with van der Waals surface area (Å²) in [4.78, 5) is 0. The summed E-state index contributed by atoms with van der Waals surface area (Å²) in [6, 6.07) is 10.0. The Kier molecular flexibility index (Phi) is 1.89. The molecule has 2 heteroatoms. The van der Waals surface area contributed by atoms with Crippen LogP contribution in [0.2, 0.25) is 0 Å². The van der Waals surface area contributed by atoms with E-state index < -0.39 is 0 Å². The van der Waals surface area contributed by atoms with Crippen LogP contribution in [0, 0.1) is 13.8 Å². The molecule has 13 heavy (non-hydrogen) atoms. The van der Waals surface area contributed by atoms with Crippen molar-refractivity contribution >= 4 is 0 Å². The van der Waals surface area contributed by atoms with Crippen LogP contribution >= 0.6 is 0 Å². The molecule has 2 nitrogen and oxygen atoms in total. The molecule has 1 aromatic carbocycles. The lowest BCUT2D eigenvalue weighted by molar-refractivity contribution is 0.427. The summed E-state index contributed by atoms with van der Waals surface area (Å²) in [5.41, 5.74) is 3.16. The predicted molar refractivity (Wildman–Crippen MR) is 51.4 cm³/mol. The van der Waals surface area contributed by atoms with Crippen molar-refractivity contribution in [3.8, 4) is 11.3 Å². The molecule has 0 saturated heterocycles. The highest BCUT2D eigenvalue weighted by molar-refractivity contribution is 5.61. The molecule has 0 fully saturated rings. The van der Waals surface area contributed by atoms with Gasteiger partial charge in [0.15, 0.2) is 5.76 Å². The van der Waals surface area contributed by atoms with Crippen molar-refractivity contribution in [2.75, 3.05) is 0 Å². The van der Waals surface area contributed by atoms with E-state index in [0.29, 0.717) is 0 Å². The van der Waals surface area contributed by atoms with E-state index in [1.54, 1.807) is 0 Å². The van der Waals surface area contributed by atoms with Crippen molar-refractivity contribution in [3.63, 3.8) is 0 Å². The molecule has 66 valence electrons. The van der Waals surface area contributed by atoms with Crippen molar-refractivity contribution < 1.29 is 4.52 Å². The summed E-state index contributed by atoms with van der Waals surface area (Å²) in [5, 5.41) is 3.92. The van der Waals surface area contributed by atoms with Gasteiger partial charge < -0.3 is 4.52 Å². The van der Waals surface area contributed by atoms with Gasteiger partial charge in [-0.3, -0.25) is 0 Å². The quantitative estimate of drug-likeness (QED) is 0.662. The number of hydrogen-bond acceptors (Lipinski definition) is 2. The fourth-order valence-electron chi connectivity index (χ4n) is 1.27. The zero-order valence-corrected chi connectivity index (χ0v) is 7.74. The van der Waals surface area contributed by atoms with E-state index in [4.69, 9.17) is 4.52 Å². The highest BCUT2D eigenvalue weighted by atomic mass is 16.5. The van der Waals surface area contributed by atoms with Crippen LogP contribution < -0.4 is 0 Å². The van der Waals surface area contributed by atoms with Gasteiger partial charge in [-0.1, -0.05) is 35.5 Å². The number of aryl methyl sites for hydroxylation is 1. The molecule has 0 saturated carbocycles. The first kappa shape index (κ1) is 8.05. The Labute approximate surface area is 77.2 Å². The van der Waals surface area contributed by atoms with Crippen LogP contribution in [0.4, 0.5) is 0 Å². The van der Waals surface area contributed by atoms with Crippen molar-refractivity contribution in [1.82, 2.24) is 5.16 Å². The van der Waals surface area contributed by atoms with E-state index in [2.05, 4.69) is 5.16 Å². The summed E-state index contributed by atoms with van der Waals surface area (Å²) in [7, 11) is 0. The van der Waals surface area contributed by atoms with Crippen LogP contribution in [-0.4, -0.2) is 5.16 Å². The molecule has 0 aliphatic heterocycles. The summed E-state index contributed by atoms with van der Waals surface area (Å²) >= 11 is 0. The highest BCUT2D eigenvalue weighted by Crippen LogP contribution is 2.24. The van der Waals surface area contributed by atoms with Crippen LogP contribution in [0.5, 0.6) is 0 Å². The fraction of sp³-hybridized carbons (Fsp3) is 0.182. The summed E-state index contributed by atoms with van der Waals surface area (Å²) in [6.07, 6.45) is 0. The summed E-state index contributed by atoms with van der Waals surface area (Å²) in [6.45, 7) is 3.97. The lowest BCUT2D eigenvalue weighted by Crippen LogP contribution is -1.77. The standard InChI is InChI=1S/C11H11NO/c1-8-9(2)12-13-11(8)10-6-4-3-5-7-10/h3-7H,1-2H3. The summed E-state index contributed by atoms with van der Waals surface area (Å²) < 4.78 is 5.23. The van der Waals surface area contributed by atoms with E-state index in [1.807, 2.05) is 44.2 Å². The van der Waals surface area contributed by atoms with Crippen LogP contribution in [0.3, 0.4) is 0 Å². The molecule has 0 atom stereocenters. The molecule has 1 aromatic heterocycles. The minimum Gasteiger partial charge on any atom is -0.356 e. The Morgan fingerprint density at radius 1 is 1.08 bits per heavy atom. The Hall–Kier alpha value is -1.57. The average Bonchev–Trinajstić information content (AvgIpc) is 2.49. The van der Waals surface area contributed by atoms with E-state index in [1.165, 1.54) is 0 Å². The van der Waals surface area contributed by atoms with Crippen LogP contribution in [0.25, 0.3) is 11.3 Å². The molecule has 0 amide bonds. The van der Waals surface area contributed by atoms with Gasteiger partial charge in [0, 0.05) is 11.1 Å². The zero-order valence-electron chi connectivity index (χ0n) is 7.74. The van der Waals surface area contributed by atoms with Crippen molar-refractivity contribution in [1.29, 1.82) is 0 Å². The van der Waals surface area contributed by atoms with Gasteiger partial charge in [0.25, 0.3) is 0 Å². The number of benzene rings is 1. The highest BCUT2D eigenvalue weighted by Gasteiger charge is 2.09. The third-order valence-corrected chi connectivity index (χ3v) is 2.19. The van der Waals surface area contributed by atoms with Gasteiger partial charge in [-0.15, -0.1) is 0 Å². The minimum atomic E-state index is 0.873. The molecule has 0 spiro atoms. The normalized spacial score (nSPS) is 10.3. The lowest BCUT2D eigenvalue weighted by Gasteiger charge is -1.95. The number of aromatic nitrogens is 1. The van der Waals surface area contributed by atoms with Gasteiger partial charge in [-0.25, -0.2) is 0 Å². The van der Waals surface area contributed by atoms with Crippen molar-refractivity contribution in [2.45, 2.75) is 13.8 Å². The Morgan fingerprint density at radius 2 is 1.77 bits per heavy atom. The van der Waals surface area contributed by atoms with Crippen LogP contribution in [0.1, 0.15) is 11.3 Å². The fourth-order valence-corrected chi connectivity index (χ4v) is 1.27. The molecule has 0 unspecified atom stereocenters. The van der Waals surface area contributed by atoms with Gasteiger partial charge in [0.05, 0.1) is 5.69 Å². The van der Waals surface area contributed by atoms with Gasteiger partial charge >= 0.3 is 0 Å². The first-order valence-electron chi connectivity index (χ1n) is 4.27. The maximum absolute atomic E-state index is 5.23. The maximum atomic E-state index is 5.23. The third kappa shape index (κ3) is 1.35. The Balaban J connectivity index is 2.53. The lowest BCUT2D eigenvalue weighted by atomic mass is 10.1. The van der Waals surface area contributed by atoms with Gasteiger partial charge in [-0.05, 0) is 13.8 Å². The molecule has 0 bridgehead atoms. The van der Waals surface area contributed by atoms with E-state index in [-0.39, 0.29) is 0 Å². The smallest absolute Gasteiger partial charge is 0.170 e. The van der Waals surface area contributed by atoms with Crippen LogP contribution in [-0.2, 0) is 0 Å². The van der Waals surface area contributed by atoms with Gasteiger partial charge in [-0.2, -0.15) is 0 Å². The maximum Gasteiger partial charge on any atom is 0.170 e. The number of nitrogens with zero attached hydrogens (tertiary/aromatic N) is 1. The SMILES string of the molecule is Cc1noc(-c2ccccc2)c1C. The zero-order chi connectivity index (χ0) is 9.26. The second kappa shape index (κ2) is 3.05. The van der Waals surface area contributed by atoms with Gasteiger partial charge in [0.2, 0.25) is 0 Å². The number of rotatable bonds is 1. The first-order valence-corrected chi connectivity index (χ1v) is 4.27. The van der Waals surface area contributed by atoms with Crippen molar-refractivity contribution in [2.24, 2.45) is 0 Å². The monoisotopic (exact) mass is 173 g/mol. The molecule has 0 aliphatic carbocycles. The number of hydrogen-bond donors (Lipinski definition) is 0. The Morgan fingerprint density at radius 3 is 2.31 bits per heavy atom. The predicted octanol–water partition coefficient (Wildman–Crippen LogP) is 2.96. The molecule has 0 N–H and O–H groups in total. The molecule has 0 radical (unpaired) electrons. The van der Waals surface area contributed by atoms with E-state index in [9.17, 15) is 0 Å². The molecule has 2 rings (SSSR count). The molecule has 1 heterocycles. The minimum absolute atomic E-state index is 0.873. The summed E-state index contributed by atoms with van der Waals surface area (Å²) in [5.74, 6) is 0.873. The van der Waals surface area contributed by atoms with Crippen LogP contribution in [0.15, 0.2) is 34.9 Å².